The molecule has 2 nitrogen and oxygen atoms in total. The van der Waals surface area contributed by atoms with Gasteiger partial charge >= 0.3 is 0 Å². The average molecular weight is 332 g/mol. The second-order valence-corrected chi connectivity index (χ2v) is 5.77. The van der Waals surface area contributed by atoms with E-state index < -0.39 is 0 Å². The summed E-state index contributed by atoms with van der Waals surface area (Å²) in [5, 5.41) is 2.92. The van der Waals surface area contributed by atoms with Crippen LogP contribution in [0.2, 0.25) is 5.02 Å². The van der Waals surface area contributed by atoms with Crippen molar-refractivity contribution in [3.63, 3.8) is 0 Å². The number of hydrogen-bond acceptors (Lipinski definition) is 1. The van der Waals surface area contributed by atoms with Gasteiger partial charge in [-0.3, -0.25) is 0 Å². The van der Waals surface area contributed by atoms with Gasteiger partial charge in [-0.1, -0.05) is 29.8 Å². The summed E-state index contributed by atoms with van der Waals surface area (Å²) in [6, 6.07) is 14.2. The highest BCUT2D eigenvalue weighted by Gasteiger charge is 2.14. The minimum Gasteiger partial charge on any atom is -0.353 e. The topological polar surface area (TPSA) is 28.7 Å². The molecule has 0 unspecified atom stereocenters. The Morgan fingerprint density at radius 3 is 2.84 bits per heavy atom. The van der Waals surface area contributed by atoms with Crippen molar-refractivity contribution in [1.82, 2.24) is 9.97 Å². The van der Waals surface area contributed by atoms with Crippen LogP contribution in [0.3, 0.4) is 0 Å². The van der Waals surface area contributed by atoms with E-state index in [0.717, 1.165) is 37.7 Å². The molecule has 2 heterocycles. The number of rotatable bonds is 0. The summed E-state index contributed by atoms with van der Waals surface area (Å²) in [6.07, 6.45) is 0. The van der Waals surface area contributed by atoms with Gasteiger partial charge in [0, 0.05) is 20.8 Å². The van der Waals surface area contributed by atoms with Crippen molar-refractivity contribution < 1.29 is 0 Å². The number of H-pyrrole nitrogens is 1. The normalized spacial score (nSPS) is 11.7. The van der Waals surface area contributed by atoms with E-state index in [1.807, 2.05) is 24.3 Å². The molecule has 0 atom stereocenters. The van der Waals surface area contributed by atoms with Crippen LogP contribution in [-0.2, 0) is 0 Å². The maximum Gasteiger partial charge on any atom is 0.0885 e. The van der Waals surface area contributed by atoms with Crippen molar-refractivity contribution >= 4 is 49.3 Å². The Kier molecular flexibility index (Phi) is 2.34. The molecule has 1 N–H and O–H groups in total. The van der Waals surface area contributed by atoms with Gasteiger partial charge in [-0.2, -0.15) is 0 Å². The number of halogens is 2. The summed E-state index contributed by atoms with van der Waals surface area (Å²) in [5.74, 6) is 0. The van der Waals surface area contributed by atoms with Crippen molar-refractivity contribution in [3.05, 3.63) is 52.0 Å². The molecule has 0 saturated heterocycles. The summed E-state index contributed by atoms with van der Waals surface area (Å²) in [7, 11) is 0. The predicted octanol–water partition coefficient (Wildman–Crippen LogP) is 5.24. The van der Waals surface area contributed by atoms with Crippen LogP contribution < -0.4 is 0 Å². The molecule has 19 heavy (non-hydrogen) atoms. The zero-order chi connectivity index (χ0) is 13.0. The van der Waals surface area contributed by atoms with E-state index in [1.54, 1.807) is 0 Å². The highest BCUT2D eigenvalue weighted by Crippen LogP contribution is 2.36. The second-order valence-electron chi connectivity index (χ2n) is 4.51. The molecule has 0 aliphatic carbocycles. The average Bonchev–Trinajstić information content (AvgIpc) is 2.74. The van der Waals surface area contributed by atoms with Gasteiger partial charge in [0.2, 0.25) is 0 Å². The summed E-state index contributed by atoms with van der Waals surface area (Å²) in [4.78, 5) is 8.08. The zero-order valence-corrected chi connectivity index (χ0v) is 12.1. The smallest absolute Gasteiger partial charge is 0.0885 e. The van der Waals surface area contributed by atoms with Crippen molar-refractivity contribution in [2.75, 3.05) is 0 Å². The minimum atomic E-state index is 0.680. The first-order valence-corrected chi connectivity index (χ1v) is 7.06. The number of nitrogens with zero attached hydrogens (tertiary/aromatic N) is 1. The lowest BCUT2D eigenvalue weighted by Crippen LogP contribution is -1.85. The van der Waals surface area contributed by atoms with Crippen LogP contribution in [0.15, 0.2) is 46.9 Å². The molecule has 0 aromatic heterocycles. The molecule has 2 aromatic carbocycles. The minimum absolute atomic E-state index is 0.680. The maximum atomic E-state index is 6.12. The van der Waals surface area contributed by atoms with Gasteiger partial charge in [0.1, 0.15) is 0 Å². The number of aromatic amines is 1. The number of pyridine rings is 1. The lowest BCUT2D eigenvalue weighted by atomic mass is 10.1. The third-order valence-corrected chi connectivity index (χ3v) is 4.51. The van der Waals surface area contributed by atoms with E-state index in [9.17, 15) is 0 Å². The van der Waals surface area contributed by atoms with Crippen molar-refractivity contribution in [2.24, 2.45) is 0 Å². The highest BCUT2D eigenvalue weighted by atomic mass is 79.9. The van der Waals surface area contributed by atoms with Crippen molar-refractivity contribution in [1.29, 1.82) is 0 Å². The standard InChI is InChI=1S/C15H8BrClN2/c16-10-6-9-13(7-11(10)17)18-14-5-8-3-1-2-4-12(8)19-15(9)14/h1-7,19H. The Labute approximate surface area is 122 Å². The Morgan fingerprint density at radius 1 is 1.11 bits per heavy atom. The van der Waals surface area contributed by atoms with Crippen LogP contribution in [0.4, 0.5) is 0 Å². The Hall–Kier alpha value is -1.58. The number of benzene rings is 2. The monoisotopic (exact) mass is 330 g/mol. The first-order valence-electron chi connectivity index (χ1n) is 5.88. The molecule has 2 aliphatic heterocycles. The highest BCUT2D eigenvalue weighted by molar-refractivity contribution is 9.10. The van der Waals surface area contributed by atoms with E-state index in [4.69, 9.17) is 11.6 Å². The number of nitrogens with one attached hydrogen (secondary N) is 1. The van der Waals surface area contributed by atoms with Crippen LogP contribution in [0.25, 0.3) is 33.2 Å². The fourth-order valence-electron chi connectivity index (χ4n) is 2.41. The van der Waals surface area contributed by atoms with E-state index in [1.165, 1.54) is 0 Å². The van der Waals surface area contributed by atoms with Gasteiger partial charge in [0.15, 0.2) is 0 Å². The number of hydrogen-bond donors (Lipinski definition) is 1. The SMILES string of the molecule is Clc1cc2nc3cc4ccccc4[nH]c-3c2cc1Br. The largest absolute Gasteiger partial charge is 0.353 e. The van der Waals surface area contributed by atoms with Gasteiger partial charge in [-0.25, -0.2) is 4.98 Å². The van der Waals surface area contributed by atoms with Gasteiger partial charge in [0.25, 0.3) is 0 Å². The van der Waals surface area contributed by atoms with Gasteiger partial charge in [0.05, 0.1) is 21.9 Å². The molecule has 0 bridgehead atoms. The first kappa shape index (κ1) is 11.3. The van der Waals surface area contributed by atoms with Crippen LogP contribution in [0.1, 0.15) is 0 Å². The van der Waals surface area contributed by atoms with Crippen LogP contribution in [0, 0.1) is 0 Å². The molecule has 0 fully saturated rings. The second kappa shape index (κ2) is 3.95. The van der Waals surface area contributed by atoms with Crippen molar-refractivity contribution in [2.45, 2.75) is 0 Å². The fraction of sp³-hybridized carbons (Fsp3) is 0. The molecule has 0 saturated carbocycles. The van der Waals surface area contributed by atoms with Crippen LogP contribution >= 0.6 is 27.5 Å². The van der Waals surface area contributed by atoms with E-state index in [-0.39, 0.29) is 0 Å². The molecule has 0 radical (unpaired) electrons. The quantitative estimate of drug-likeness (QED) is 0.469. The summed E-state index contributed by atoms with van der Waals surface area (Å²) in [5.41, 5.74) is 4.03. The summed E-state index contributed by atoms with van der Waals surface area (Å²) >= 11 is 9.59. The lowest BCUT2D eigenvalue weighted by Gasteiger charge is -2.03. The van der Waals surface area contributed by atoms with E-state index >= 15 is 0 Å². The molecule has 2 aliphatic rings. The lowest BCUT2D eigenvalue weighted by molar-refractivity contribution is 1.37. The van der Waals surface area contributed by atoms with Crippen LogP contribution in [0.5, 0.6) is 0 Å². The molecule has 2 aromatic rings. The Morgan fingerprint density at radius 2 is 1.95 bits per heavy atom. The zero-order valence-electron chi connectivity index (χ0n) is 9.74. The number of para-hydroxylation sites is 1. The molecule has 92 valence electrons. The van der Waals surface area contributed by atoms with Crippen molar-refractivity contribution in [3.8, 4) is 11.4 Å². The summed E-state index contributed by atoms with van der Waals surface area (Å²) in [6.45, 7) is 0. The predicted molar refractivity (Wildman–Crippen MR) is 82.9 cm³/mol. The van der Waals surface area contributed by atoms with Crippen LogP contribution in [-0.4, -0.2) is 9.97 Å². The first-order chi connectivity index (χ1) is 9.22. The molecular formula is C15H8BrClN2. The summed E-state index contributed by atoms with van der Waals surface area (Å²) < 4.78 is 0.887. The van der Waals surface area contributed by atoms with Gasteiger partial charge in [-0.05, 0) is 40.2 Å². The maximum absolute atomic E-state index is 6.12. The molecule has 4 rings (SSSR count). The van der Waals surface area contributed by atoms with Gasteiger partial charge in [-0.15, -0.1) is 0 Å². The molecule has 4 heteroatoms. The Balaban J connectivity index is 2.20. The molecular weight excluding hydrogens is 324 g/mol. The molecule has 0 spiro atoms. The Bertz CT molecular complexity index is 897. The fourth-order valence-corrected chi connectivity index (χ4v) is 2.91. The number of aromatic nitrogens is 2. The third-order valence-electron chi connectivity index (χ3n) is 3.32. The van der Waals surface area contributed by atoms with Gasteiger partial charge < -0.3 is 4.98 Å². The number of fused-ring (bicyclic) bond motifs is 4. The molecule has 0 amide bonds. The van der Waals surface area contributed by atoms with E-state index in [0.29, 0.717) is 5.02 Å². The third kappa shape index (κ3) is 1.66. The van der Waals surface area contributed by atoms with E-state index in [2.05, 4.69) is 44.1 Å².